The molecule has 0 spiro atoms. The van der Waals surface area contributed by atoms with E-state index in [9.17, 15) is 4.79 Å². The topological polar surface area (TPSA) is 61.0 Å². The Morgan fingerprint density at radius 1 is 1.20 bits per heavy atom. The lowest BCUT2D eigenvalue weighted by atomic mass is 9.74. The Morgan fingerprint density at radius 2 is 1.84 bits per heavy atom. The maximum absolute atomic E-state index is 12.7. The predicted molar refractivity (Wildman–Crippen MR) is 101 cm³/mol. The van der Waals surface area contributed by atoms with Gasteiger partial charge in [-0.15, -0.1) is 0 Å². The van der Waals surface area contributed by atoms with Crippen LogP contribution >= 0.6 is 0 Å². The van der Waals surface area contributed by atoms with E-state index in [1.807, 2.05) is 31.3 Å². The molecule has 2 aromatic rings. The van der Waals surface area contributed by atoms with E-state index in [1.54, 1.807) is 4.90 Å². The SMILES string of the molecule is CN(Cc1nc2ccccc2[nH]1)C(=O)CC1CC(C)(C)NC(C)(C)C1. The Labute approximate surface area is 150 Å². The second-order valence-corrected chi connectivity index (χ2v) is 8.82. The third-order valence-corrected chi connectivity index (χ3v) is 4.99. The molecule has 2 N–H and O–H groups in total. The zero-order valence-electron chi connectivity index (χ0n) is 16.0. The highest BCUT2D eigenvalue weighted by molar-refractivity contribution is 5.77. The molecule has 1 aromatic carbocycles. The van der Waals surface area contributed by atoms with E-state index < -0.39 is 0 Å². The van der Waals surface area contributed by atoms with Gasteiger partial charge in [0.15, 0.2) is 0 Å². The molecule has 1 fully saturated rings. The number of benzene rings is 1. The normalized spacial score (nSPS) is 19.9. The summed E-state index contributed by atoms with van der Waals surface area (Å²) in [5.74, 6) is 1.44. The molecule has 1 saturated heterocycles. The van der Waals surface area contributed by atoms with E-state index in [1.165, 1.54) is 0 Å². The Kier molecular flexibility index (Phi) is 4.62. The van der Waals surface area contributed by atoms with Crippen molar-refractivity contribution in [2.45, 2.75) is 64.6 Å². The fourth-order valence-corrected chi connectivity index (χ4v) is 4.47. The van der Waals surface area contributed by atoms with E-state index in [0.29, 0.717) is 18.9 Å². The van der Waals surface area contributed by atoms with Crippen LogP contribution in [0.4, 0.5) is 0 Å². The van der Waals surface area contributed by atoms with E-state index in [4.69, 9.17) is 0 Å². The number of fused-ring (bicyclic) bond motifs is 1. The average Bonchev–Trinajstić information content (AvgIpc) is 2.85. The molecule has 1 amide bonds. The summed E-state index contributed by atoms with van der Waals surface area (Å²) in [6.07, 6.45) is 2.66. The van der Waals surface area contributed by atoms with Crippen LogP contribution in [0.25, 0.3) is 11.0 Å². The highest BCUT2D eigenvalue weighted by Gasteiger charge is 2.38. The molecule has 1 aliphatic rings. The second kappa shape index (κ2) is 6.45. The summed E-state index contributed by atoms with van der Waals surface area (Å²) in [5.41, 5.74) is 2.11. The van der Waals surface area contributed by atoms with Gasteiger partial charge in [-0.25, -0.2) is 4.98 Å². The van der Waals surface area contributed by atoms with Crippen LogP contribution in [0.5, 0.6) is 0 Å². The van der Waals surface area contributed by atoms with Crippen LogP contribution < -0.4 is 5.32 Å². The van der Waals surface area contributed by atoms with Crippen LogP contribution in [0.3, 0.4) is 0 Å². The van der Waals surface area contributed by atoms with Gasteiger partial charge in [0.25, 0.3) is 0 Å². The number of amides is 1. The van der Waals surface area contributed by atoms with E-state index in [0.717, 1.165) is 29.7 Å². The summed E-state index contributed by atoms with van der Waals surface area (Å²) in [6, 6.07) is 7.95. The van der Waals surface area contributed by atoms with Crippen molar-refractivity contribution in [3.05, 3.63) is 30.1 Å². The molecule has 0 unspecified atom stereocenters. The molecular weight excluding hydrogens is 312 g/mol. The molecule has 2 heterocycles. The van der Waals surface area contributed by atoms with Crippen molar-refractivity contribution in [1.82, 2.24) is 20.2 Å². The van der Waals surface area contributed by atoms with Crippen LogP contribution in [0.2, 0.25) is 0 Å². The van der Waals surface area contributed by atoms with Crippen LogP contribution in [0.1, 0.15) is 52.8 Å². The monoisotopic (exact) mass is 342 g/mol. The molecule has 3 rings (SSSR count). The van der Waals surface area contributed by atoms with Crippen molar-refractivity contribution >= 4 is 16.9 Å². The predicted octanol–water partition coefficient (Wildman–Crippen LogP) is 3.47. The molecule has 0 saturated carbocycles. The number of hydrogen-bond acceptors (Lipinski definition) is 3. The van der Waals surface area contributed by atoms with Gasteiger partial charge in [0.05, 0.1) is 17.6 Å². The van der Waals surface area contributed by atoms with Gasteiger partial charge in [-0.3, -0.25) is 4.79 Å². The fraction of sp³-hybridized carbons (Fsp3) is 0.600. The van der Waals surface area contributed by atoms with Crippen molar-refractivity contribution in [2.24, 2.45) is 5.92 Å². The standard InChI is InChI=1S/C20H30N4O/c1-19(2)11-14(12-20(3,4)23-19)10-18(25)24(5)13-17-21-15-8-6-7-9-16(15)22-17/h6-9,14,23H,10-13H2,1-5H3,(H,21,22). The highest BCUT2D eigenvalue weighted by atomic mass is 16.2. The number of nitrogens with zero attached hydrogens (tertiary/aromatic N) is 2. The van der Waals surface area contributed by atoms with E-state index in [-0.39, 0.29) is 17.0 Å². The molecule has 5 heteroatoms. The molecule has 136 valence electrons. The molecule has 0 aliphatic carbocycles. The summed E-state index contributed by atoms with van der Waals surface area (Å²) in [7, 11) is 1.87. The molecule has 25 heavy (non-hydrogen) atoms. The first-order valence-corrected chi connectivity index (χ1v) is 9.10. The van der Waals surface area contributed by atoms with Gasteiger partial charge in [-0.05, 0) is 58.6 Å². The first-order valence-electron chi connectivity index (χ1n) is 9.10. The number of carbonyl (C=O) groups excluding carboxylic acids is 1. The van der Waals surface area contributed by atoms with E-state index >= 15 is 0 Å². The zero-order valence-corrected chi connectivity index (χ0v) is 16.0. The largest absolute Gasteiger partial charge is 0.340 e. The minimum atomic E-state index is 0.0734. The summed E-state index contributed by atoms with van der Waals surface area (Å²) < 4.78 is 0. The van der Waals surface area contributed by atoms with Crippen molar-refractivity contribution in [1.29, 1.82) is 0 Å². The number of hydrogen-bond donors (Lipinski definition) is 2. The molecule has 0 bridgehead atoms. The third-order valence-electron chi connectivity index (χ3n) is 4.99. The first-order chi connectivity index (χ1) is 11.6. The lowest BCUT2D eigenvalue weighted by Gasteiger charge is -2.46. The van der Waals surface area contributed by atoms with Crippen molar-refractivity contribution in [2.75, 3.05) is 7.05 Å². The van der Waals surface area contributed by atoms with E-state index in [2.05, 4.69) is 43.0 Å². The number of rotatable bonds is 4. The van der Waals surface area contributed by atoms with Gasteiger partial charge in [0, 0.05) is 24.5 Å². The minimum absolute atomic E-state index is 0.0734. The molecule has 0 atom stereocenters. The maximum atomic E-state index is 12.7. The lowest BCUT2D eigenvalue weighted by molar-refractivity contribution is -0.132. The third kappa shape index (κ3) is 4.40. The number of aromatic nitrogens is 2. The first kappa shape index (κ1) is 17.9. The molecule has 1 aliphatic heterocycles. The summed E-state index contributed by atoms with van der Waals surface area (Å²) >= 11 is 0. The molecule has 1 aromatic heterocycles. The highest BCUT2D eigenvalue weighted by Crippen LogP contribution is 2.34. The van der Waals surface area contributed by atoms with Gasteiger partial charge >= 0.3 is 0 Å². The van der Waals surface area contributed by atoms with Gasteiger partial charge in [0.2, 0.25) is 5.91 Å². The number of para-hydroxylation sites is 2. The average molecular weight is 342 g/mol. The second-order valence-electron chi connectivity index (χ2n) is 8.82. The molecule has 5 nitrogen and oxygen atoms in total. The summed E-state index contributed by atoms with van der Waals surface area (Å²) in [4.78, 5) is 22.4. The fourth-order valence-electron chi connectivity index (χ4n) is 4.47. The number of H-pyrrole nitrogens is 1. The van der Waals surface area contributed by atoms with Crippen molar-refractivity contribution in [3.63, 3.8) is 0 Å². The number of nitrogens with one attached hydrogen (secondary N) is 2. The van der Waals surface area contributed by atoms with Crippen molar-refractivity contribution in [3.8, 4) is 0 Å². The van der Waals surface area contributed by atoms with Crippen molar-refractivity contribution < 1.29 is 4.79 Å². The van der Waals surface area contributed by atoms with Gasteiger partial charge in [-0.1, -0.05) is 12.1 Å². The Bertz CT molecular complexity index is 713. The minimum Gasteiger partial charge on any atom is -0.340 e. The summed E-state index contributed by atoms with van der Waals surface area (Å²) in [6.45, 7) is 9.42. The van der Waals surface area contributed by atoms with Crippen LogP contribution in [-0.4, -0.2) is 38.9 Å². The Morgan fingerprint density at radius 3 is 2.48 bits per heavy atom. The number of aromatic amines is 1. The Hall–Kier alpha value is -1.88. The van der Waals surface area contributed by atoms with Crippen LogP contribution in [0, 0.1) is 5.92 Å². The smallest absolute Gasteiger partial charge is 0.222 e. The Balaban J connectivity index is 1.62. The maximum Gasteiger partial charge on any atom is 0.222 e. The lowest BCUT2D eigenvalue weighted by Crippen LogP contribution is -2.58. The summed E-state index contributed by atoms with van der Waals surface area (Å²) in [5, 5.41) is 3.68. The van der Waals surface area contributed by atoms with Crippen LogP contribution in [-0.2, 0) is 11.3 Å². The quantitative estimate of drug-likeness (QED) is 0.894. The number of imidazole rings is 1. The molecular formula is C20H30N4O. The van der Waals surface area contributed by atoms with Crippen LogP contribution in [0.15, 0.2) is 24.3 Å². The number of carbonyl (C=O) groups is 1. The number of piperidine rings is 1. The van der Waals surface area contributed by atoms with Gasteiger partial charge < -0.3 is 15.2 Å². The van der Waals surface area contributed by atoms with Gasteiger partial charge in [-0.2, -0.15) is 0 Å². The zero-order chi connectivity index (χ0) is 18.2. The molecule has 0 radical (unpaired) electrons. The van der Waals surface area contributed by atoms with Gasteiger partial charge in [0.1, 0.15) is 5.82 Å².